The van der Waals surface area contributed by atoms with Crippen LogP contribution < -0.4 is 0 Å². The van der Waals surface area contributed by atoms with Crippen LogP contribution in [0.1, 0.15) is 48.8 Å². The Labute approximate surface area is 174 Å². The van der Waals surface area contributed by atoms with Crippen molar-refractivity contribution in [1.29, 1.82) is 0 Å². The third-order valence-corrected chi connectivity index (χ3v) is 6.46. The summed E-state index contributed by atoms with van der Waals surface area (Å²) in [7, 11) is 0. The molecular weight excluding hydrogens is 385 g/mol. The molecule has 30 heavy (non-hydrogen) atoms. The van der Waals surface area contributed by atoms with Gasteiger partial charge in [-0.15, -0.1) is 0 Å². The molecule has 0 bridgehead atoms. The average Bonchev–Trinajstić information content (AvgIpc) is 3.11. The first-order valence-electron chi connectivity index (χ1n) is 10.5. The van der Waals surface area contributed by atoms with Crippen molar-refractivity contribution < 1.29 is 17.9 Å². The van der Waals surface area contributed by atoms with Crippen molar-refractivity contribution in [1.82, 2.24) is 0 Å². The van der Waals surface area contributed by atoms with Crippen LogP contribution in [-0.2, 0) is 23.1 Å². The van der Waals surface area contributed by atoms with E-state index < -0.39 is 17.3 Å². The molecule has 0 amide bonds. The molecule has 3 aromatic carbocycles. The van der Waals surface area contributed by atoms with Crippen LogP contribution in [-0.4, -0.2) is 0 Å². The van der Waals surface area contributed by atoms with E-state index in [0.717, 1.165) is 24.8 Å². The third-order valence-electron chi connectivity index (χ3n) is 6.46. The van der Waals surface area contributed by atoms with E-state index in [9.17, 15) is 13.2 Å². The van der Waals surface area contributed by atoms with Gasteiger partial charge in [-0.3, -0.25) is 0 Å². The number of rotatable bonds is 2. The van der Waals surface area contributed by atoms with Crippen LogP contribution in [0.4, 0.5) is 13.2 Å². The van der Waals surface area contributed by atoms with Gasteiger partial charge in [0.15, 0.2) is 0 Å². The highest BCUT2D eigenvalue weighted by molar-refractivity contribution is 5.88. The lowest BCUT2D eigenvalue weighted by atomic mass is 9.74. The summed E-state index contributed by atoms with van der Waals surface area (Å²) >= 11 is 0. The molecule has 1 spiro atoms. The number of hydrogen-bond acceptors (Lipinski definition) is 1. The molecule has 0 atom stereocenters. The maximum absolute atomic E-state index is 14.8. The number of halogens is 3. The van der Waals surface area contributed by atoms with Gasteiger partial charge in [0.25, 0.3) is 0 Å². The van der Waals surface area contributed by atoms with E-state index in [-0.39, 0.29) is 12.2 Å². The number of ether oxygens (including phenoxy) is 1. The van der Waals surface area contributed by atoms with Crippen LogP contribution in [0, 0.1) is 0 Å². The summed E-state index contributed by atoms with van der Waals surface area (Å²) in [5.74, 6) is 0. The Morgan fingerprint density at radius 3 is 1.97 bits per heavy atom. The van der Waals surface area contributed by atoms with Gasteiger partial charge in [-0.25, -0.2) is 0 Å². The second-order valence-electron chi connectivity index (χ2n) is 8.28. The van der Waals surface area contributed by atoms with Crippen LogP contribution in [0.15, 0.2) is 66.7 Å². The molecule has 1 fully saturated rings. The lowest BCUT2D eigenvalue weighted by Crippen LogP contribution is -2.31. The second-order valence-corrected chi connectivity index (χ2v) is 8.28. The topological polar surface area (TPSA) is 9.23 Å². The van der Waals surface area contributed by atoms with Crippen LogP contribution in [0.2, 0.25) is 0 Å². The highest BCUT2D eigenvalue weighted by Gasteiger charge is 2.49. The zero-order valence-corrected chi connectivity index (χ0v) is 16.6. The molecule has 0 unspecified atom stereocenters. The van der Waals surface area contributed by atoms with E-state index in [1.807, 2.05) is 42.5 Å². The third kappa shape index (κ3) is 3.14. The second kappa shape index (κ2) is 7.28. The Bertz CT molecular complexity index is 1050. The highest BCUT2D eigenvalue weighted by Crippen LogP contribution is 2.55. The molecule has 3 aromatic rings. The average molecular weight is 408 g/mol. The standard InChI is InChI=1S/C26H23F3O/c27-26(28,29)24-22(19-12-6-2-7-13-19)21(18-10-4-1-5-11-18)16-20-17-30-25(23(20)24)14-8-3-9-15-25/h1-2,4-7,10-13,16H,3,8-9,14-15,17H2. The smallest absolute Gasteiger partial charge is 0.366 e. The zero-order valence-electron chi connectivity index (χ0n) is 16.6. The quantitative estimate of drug-likeness (QED) is 0.422. The minimum Gasteiger partial charge on any atom is -0.366 e. The van der Waals surface area contributed by atoms with E-state index in [2.05, 4.69) is 0 Å². The van der Waals surface area contributed by atoms with Crippen molar-refractivity contribution in [2.45, 2.75) is 50.5 Å². The van der Waals surface area contributed by atoms with Gasteiger partial charge in [0.1, 0.15) is 0 Å². The number of benzene rings is 3. The molecule has 0 N–H and O–H groups in total. The molecule has 1 aliphatic heterocycles. The lowest BCUT2D eigenvalue weighted by molar-refractivity contribution is -0.141. The minimum absolute atomic E-state index is 0.243. The Balaban J connectivity index is 1.88. The molecule has 0 saturated heterocycles. The summed E-state index contributed by atoms with van der Waals surface area (Å²) in [5, 5.41) is 0. The SMILES string of the molecule is FC(F)(F)c1c(-c2ccccc2)c(-c2ccccc2)cc2c1C1(CCCCC1)OC2. The van der Waals surface area contributed by atoms with Gasteiger partial charge in [0, 0.05) is 11.1 Å². The van der Waals surface area contributed by atoms with E-state index in [4.69, 9.17) is 4.74 Å². The molecule has 2 aliphatic rings. The van der Waals surface area contributed by atoms with Crippen molar-refractivity contribution in [3.05, 3.63) is 83.4 Å². The molecule has 5 rings (SSSR count). The van der Waals surface area contributed by atoms with E-state index in [1.165, 1.54) is 0 Å². The first-order valence-corrected chi connectivity index (χ1v) is 10.5. The Morgan fingerprint density at radius 2 is 1.37 bits per heavy atom. The molecule has 154 valence electrons. The largest absolute Gasteiger partial charge is 0.417 e. The van der Waals surface area contributed by atoms with Gasteiger partial charge in [0.2, 0.25) is 0 Å². The molecule has 1 nitrogen and oxygen atoms in total. The number of hydrogen-bond donors (Lipinski definition) is 0. The molecule has 0 radical (unpaired) electrons. The fourth-order valence-corrected chi connectivity index (χ4v) is 5.21. The Kier molecular flexibility index (Phi) is 4.70. The summed E-state index contributed by atoms with van der Waals surface area (Å²) in [4.78, 5) is 0. The first kappa shape index (κ1) is 19.4. The molecular formula is C26H23F3O. The van der Waals surface area contributed by atoms with Crippen LogP contribution >= 0.6 is 0 Å². The number of fused-ring (bicyclic) bond motifs is 2. The summed E-state index contributed by atoms with van der Waals surface area (Å²) in [6.07, 6.45) is -0.312. The van der Waals surface area contributed by atoms with E-state index in [1.54, 1.807) is 24.3 Å². The van der Waals surface area contributed by atoms with Gasteiger partial charge in [-0.1, -0.05) is 79.9 Å². The van der Waals surface area contributed by atoms with Gasteiger partial charge in [-0.2, -0.15) is 13.2 Å². The summed E-state index contributed by atoms with van der Waals surface area (Å²) in [6, 6.07) is 20.3. The maximum Gasteiger partial charge on any atom is 0.417 e. The van der Waals surface area contributed by atoms with Gasteiger partial charge in [0.05, 0.1) is 17.8 Å². The molecule has 0 aromatic heterocycles. The fraction of sp³-hybridized carbons (Fsp3) is 0.308. The maximum atomic E-state index is 14.8. The van der Waals surface area contributed by atoms with Crippen molar-refractivity contribution in [2.24, 2.45) is 0 Å². The minimum atomic E-state index is -4.47. The highest BCUT2D eigenvalue weighted by atomic mass is 19.4. The predicted octanol–water partition coefficient (Wildman–Crippen LogP) is 7.73. The van der Waals surface area contributed by atoms with Crippen LogP contribution in [0.5, 0.6) is 0 Å². The fourth-order valence-electron chi connectivity index (χ4n) is 5.21. The van der Waals surface area contributed by atoms with Gasteiger partial charge >= 0.3 is 6.18 Å². The summed E-state index contributed by atoms with van der Waals surface area (Å²) < 4.78 is 50.5. The monoisotopic (exact) mass is 408 g/mol. The van der Waals surface area contributed by atoms with E-state index >= 15 is 0 Å². The van der Waals surface area contributed by atoms with Crippen molar-refractivity contribution in [3.8, 4) is 22.3 Å². The first-order chi connectivity index (χ1) is 14.5. The Hall–Kier alpha value is -2.59. The lowest BCUT2D eigenvalue weighted by Gasteiger charge is -2.36. The molecule has 1 heterocycles. The molecule has 1 aliphatic carbocycles. The van der Waals surface area contributed by atoms with Crippen LogP contribution in [0.25, 0.3) is 22.3 Å². The Morgan fingerprint density at radius 1 is 0.767 bits per heavy atom. The van der Waals surface area contributed by atoms with Crippen molar-refractivity contribution in [2.75, 3.05) is 0 Å². The van der Waals surface area contributed by atoms with Gasteiger partial charge in [-0.05, 0) is 41.2 Å². The zero-order chi connectivity index (χ0) is 20.8. The predicted molar refractivity (Wildman–Crippen MR) is 112 cm³/mol. The normalized spacial score (nSPS) is 17.8. The van der Waals surface area contributed by atoms with E-state index in [0.29, 0.717) is 35.1 Å². The molecule has 1 saturated carbocycles. The van der Waals surface area contributed by atoms with Crippen molar-refractivity contribution in [3.63, 3.8) is 0 Å². The summed E-state index contributed by atoms with van der Waals surface area (Å²) in [6.45, 7) is 0.243. The van der Waals surface area contributed by atoms with Crippen LogP contribution in [0.3, 0.4) is 0 Å². The summed E-state index contributed by atoms with van der Waals surface area (Å²) in [5.41, 5.74) is 2.00. The van der Waals surface area contributed by atoms with Crippen molar-refractivity contribution >= 4 is 0 Å². The number of alkyl halides is 3. The van der Waals surface area contributed by atoms with Gasteiger partial charge < -0.3 is 4.74 Å². The molecule has 4 heteroatoms.